The first kappa shape index (κ1) is 17.4. The molecule has 2 heterocycles. The largest absolute Gasteiger partial charge is 0.351 e. The number of carbonyl (C=O) groups excluding carboxylic acids is 3. The summed E-state index contributed by atoms with van der Waals surface area (Å²) in [7, 11) is 0. The summed E-state index contributed by atoms with van der Waals surface area (Å²) in [5.74, 6) is 0.285. The highest BCUT2D eigenvalue weighted by Crippen LogP contribution is 2.66. The third-order valence-electron chi connectivity index (χ3n) is 6.94. The number of nitrogens with one attached hydrogen (secondary N) is 1. The Labute approximate surface area is 173 Å². The van der Waals surface area contributed by atoms with Crippen LogP contribution in [0.2, 0.25) is 0 Å². The number of carbonyl (C=O) groups is 3. The SMILES string of the molecule is CCC(=O)c1ccc2[nH]c(C(=O)N3C[C@H]4C[C@@]45C3=CC(=O)c3ccccc35)cc2c1. The van der Waals surface area contributed by atoms with Crippen molar-refractivity contribution in [2.24, 2.45) is 5.92 Å². The van der Waals surface area contributed by atoms with Gasteiger partial charge in [-0.25, -0.2) is 0 Å². The first-order chi connectivity index (χ1) is 14.5. The van der Waals surface area contributed by atoms with Gasteiger partial charge >= 0.3 is 0 Å². The number of fused-ring (bicyclic) bond motifs is 2. The van der Waals surface area contributed by atoms with E-state index < -0.39 is 0 Å². The second-order valence-corrected chi connectivity index (χ2v) is 8.49. The first-order valence-electron chi connectivity index (χ1n) is 10.4. The van der Waals surface area contributed by atoms with Crippen molar-refractivity contribution in [2.75, 3.05) is 6.54 Å². The van der Waals surface area contributed by atoms with E-state index in [1.165, 1.54) is 0 Å². The number of Topliss-reactive ketones (excluding diaryl/α,β-unsaturated/α-hetero) is 1. The molecule has 2 aliphatic carbocycles. The highest BCUT2D eigenvalue weighted by molar-refractivity contribution is 6.10. The summed E-state index contributed by atoms with van der Waals surface area (Å²) in [6.45, 7) is 2.46. The minimum Gasteiger partial charge on any atom is -0.351 e. The summed E-state index contributed by atoms with van der Waals surface area (Å²) in [6.07, 6.45) is 3.10. The van der Waals surface area contributed by atoms with E-state index in [4.69, 9.17) is 0 Å². The zero-order chi connectivity index (χ0) is 20.6. The third kappa shape index (κ3) is 2.15. The number of likely N-dealkylation sites (tertiary alicyclic amines) is 1. The van der Waals surface area contributed by atoms with E-state index in [-0.39, 0.29) is 22.9 Å². The smallest absolute Gasteiger partial charge is 0.274 e. The maximum atomic E-state index is 13.4. The lowest BCUT2D eigenvalue weighted by Crippen LogP contribution is -2.33. The molecule has 6 rings (SSSR count). The van der Waals surface area contributed by atoms with Gasteiger partial charge < -0.3 is 9.88 Å². The zero-order valence-electron chi connectivity index (χ0n) is 16.6. The topological polar surface area (TPSA) is 70.2 Å². The summed E-state index contributed by atoms with van der Waals surface area (Å²) < 4.78 is 0. The van der Waals surface area contributed by atoms with E-state index in [1.807, 2.05) is 43.3 Å². The van der Waals surface area contributed by atoms with Crippen LogP contribution in [-0.2, 0) is 5.41 Å². The maximum absolute atomic E-state index is 13.4. The van der Waals surface area contributed by atoms with Gasteiger partial charge in [-0.3, -0.25) is 14.4 Å². The maximum Gasteiger partial charge on any atom is 0.274 e. The average molecular weight is 396 g/mol. The van der Waals surface area contributed by atoms with Crippen molar-refractivity contribution < 1.29 is 14.4 Å². The van der Waals surface area contributed by atoms with Gasteiger partial charge in [0, 0.05) is 52.2 Å². The molecule has 2 atom stereocenters. The molecule has 3 aromatic rings. The van der Waals surface area contributed by atoms with Crippen LogP contribution in [0.5, 0.6) is 0 Å². The van der Waals surface area contributed by atoms with Crippen LogP contribution in [0.15, 0.2) is 60.3 Å². The van der Waals surface area contributed by atoms with Crippen LogP contribution in [0.1, 0.15) is 56.5 Å². The molecule has 1 aliphatic heterocycles. The number of H-pyrrole nitrogens is 1. The Morgan fingerprint density at radius 3 is 2.83 bits per heavy atom. The summed E-state index contributed by atoms with van der Waals surface area (Å²) in [5.41, 5.74) is 4.43. The number of hydrogen-bond donors (Lipinski definition) is 1. The summed E-state index contributed by atoms with van der Waals surface area (Å²) in [4.78, 5) is 43.1. The monoisotopic (exact) mass is 396 g/mol. The number of aromatic nitrogens is 1. The molecule has 1 aromatic heterocycles. The lowest BCUT2D eigenvalue weighted by molar-refractivity contribution is 0.0806. The van der Waals surface area contributed by atoms with Crippen molar-refractivity contribution in [3.63, 3.8) is 0 Å². The average Bonchev–Trinajstić information content (AvgIpc) is 3.16. The highest BCUT2D eigenvalue weighted by atomic mass is 16.2. The Morgan fingerprint density at radius 1 is 1.17 bits per heavy atom. The van der Waals surface area contributed by atoms with Crippen LogP contribution in [0.3, 0.4) is 0 Å². The van der Waals surface area contributed by atoms with Crippen molar-refractivity contribution in [1.29, 1.82) is 0 Å². The number of piperidine rings is 1. The fourth-order valence-corrected chi connectivity index (χ4v) is 5.35. The molecule has 1 N–H and O–H groups in total. The second kappa shape index (κ2) is 5.79. The van der Waals surface area contributed by atoms with Crippen LogP contribution in [-0.4, -0.2) is 33.9 Å². The Morgan fingerprint density at radius 2 is 2.00 bits per heavy atom. The van der Waals surface area contributed by atoms with Gasteiger partial charge in [-0.15, -0.1) is 0 Å². The van der Waals surface area contributed by atoms with E-state index >= 15 is 0 Å². The molecule has 3 aliphatic rings. The molecular formula is C25H20N2O3. The minimum atomic E-state index is -0.188. The van der Waals surface area contributed by atoms with E-state index in [0.29, 0.717) is 30.1 Å². The number of rotatable bonds is 3. The second-order valence-electron chi connectivity index (χ2n) is 8.49. The van der Waals surface area contributed by atoms with Gasteiger partial charge in [0.25, 0.3) is 5.91 Å². The number of aromatic amines is 1. The summed E-state index contributed by atoms with van der Waals surface area (Å²) in [6, 6.07) is 15.0. The highest BCUT2D eigenvalue weighted by Gasteiger charge is 2.67. The molecule has 1 spiro atoms. The van der Waals surface area contributed by atoms with Crippen molar-refractivity contribution in [3.05, 3.63) is 82.7 Å². The van der Waals surface area contributed by atoms with Crippen molar-refractivity contribution in [3.8, 4) is 0 Å². The third-order valence-corrected chi connectivity index (χ3v) is 6.94. The summed E-state index contributed by atoms with van der Waals surface area (Å²) in [5, 5.41) is 0.843. The summed E-state index contributed by atoms with van der Waals surface area (Å²) >= 11 is 0. The van der Waals surface area contributed by atoms with E-state index in [1.54, 1.807) is 23.1 Å². The standard InChI is InChI=1S/C25H20N2O3/c1-2-21(28)14-7-8-19-15(9-14)10-20(26-19)24(30)27-13-16-12-25(16)18-6-4-3-5-17(18)22(29)11-23(25)27/h3-11,16,26H,2,12-13H2,1H3/t16-,25-/m1/s1. The number of ketones is 2. The Bertz CT molecular complexity index is 1310. The number of allylic oxidation sites excluding steroid dienone is 2. The quantitative estimate of drug-likeness (QED) is 0.673. The van der Waals surface area contributed by atoms with Gasteiger partial charge in [0.2, 0.25) is 0 Å². The predicted octanol–water partition coefficient (Wildman–Crippen LogP) is 4.25. The van der Waals surface area contributed by atoms with Gasteiger partial charge in [0.05, 0.1) is 0 Å². The molecule has 5 heteroatoms. The van der Waals surface area contributed by atoms with Gasteiger partial charge in [0.1, 0.15) is 5.69 Å². The van der Waals surface area contributed by atoms with Crippen LogP contribution in [0, 0.1) is 5.92 Å². The first-order valence-corrected chi connectivity index (χ1v) is 10.4. The van der Waals surface area contributed by atoms with Crippen molar-refractivity contribution in [2.45, 2.75) is 25.2 Å². The van der Waals surface area contributed by atoms with Crippen molar-refractivity contribution in [1.82, 2.24) is 9.88 Å². The number of hydrogen-bond acceptors (Lipinski definition) is 3. The van der Waals surface area contributed by atoms with Gasteiger partial charge in [-0.2, -0.15) is 0 Å². The molecule has 0 radical (unpaired) electrons. The molecule has 0 bridgehead atoms. The van der Waals surface area contributed by atoms with Crippen LogP contribution in [0.4, 0.5) is 0 Å². The molecule has 30 heavy (non-hydrogen) atoms. The van der Waals surface area contributed by atoms with Crippen LogP contribution < -0.4 is 0 Å². The molecule has 1 amide bonds. The Hall–Kier alpha value is -3.47. The molecular weight excluding hydrogens is 376 g/mol. The van der Waals surface area contributed by atoms with E-state index in [0.717, 1.165) is 34.1 Å². The molecule has 2 aromatic carbocycles. The fourth-order valence-electron chi connectivity index (χ4n) is 5.35. The van der Waals surface area contributed by atoms with E-state index in [9.17, 15) is 14.4 Å². The lowest BCUT2D eigenvalue weighted by atomic mass is 9.81. The van der Waals surface area contributed by atoms with Gasteiger partial charge in [0.15, 0.2) is 11.6 Å². The van der Waals surface area contributed by atoms with Crippen LogP contribution in [0.25, 0.3) is 10.9 Å². The minimum absolute atomic E-state index is 0.0315. The number of nitrogens with zero attached hydrogens (tertiary/aromatic N) is 1. The normalized spacial score (nSPS) is 23.6. The van der Waals surface area contributed by atoms with Crippen molar-refractivity contribution >= 4 is 28.4 Å². The van der Waals surface area contributed by atoms with Crippen LogP contribution >= 0.6 is 0 Å². The molecule has 2 fully saturated rings. The predicted molar refractivity (Wildman–Crippen MR) is 113 cm³/mol. The number of amides is 1. The molecule has 0 unspecified atom stereocenters. The Kier molecular flexibility index (Phi) is 3.35. The fraction of sp³-hybridized carbons (Fsp3) is 0.240. The molecule has 5 nitrogen and oxygen atoms in total. The van der Waals surface area contributed by atoms with E-state index in [2.05, 4.69) is 4.98 Å². The van der Waals surface area contributed by atoms with Gasteiger partial charge in [-0.05, 0) is 42.2 Å². The lowest BCUT2D eigenvalue weighted by Gasteiger charge is -2.29. The Balaban J connectivity index is 1.38. The molecule has 1 saturated heterocycles. The molecule has 148 valence electrons. The molecule has 1 saturated carbocycles. The van der Waals surface area contributed by atoms with Gasteiger partial charge in [-0.1, -0.05) is 31.2 Å². The zero-order valence-corrected chi connectivity index (χ0v) is 16.6. The number of benzene rings is 2.